The minimum atomic E-state index is -0.587. The molecule has 0 aliphatic carbocycles. The number of aryl methyl sites for hydroxylation is 1. The lowest BCUT2D eigenvalue weighted by Gasteiger charge is -2.27. The molecule has 0 amide bonds. The first-order valence-electron chi connectivity index (χ1n) is 10.3. The lowest BCUT2D eigenvalue weighted by molar-refractivity contribution is -0.136. The summed E-state index contributed by atoms with van der Waals surface area (Å²) in [5.41, 5.74) is 8.69. The molecule has 1 unspecified atom stereocenters. The Labute approximate surface area is 201 Å². The van der Waals surface area contributed by atoms with E-state index in [-0.39, 0.29) is 23.8 Å². The highest BCUT2D eigenvalue weighted by Gasteiger charge is 2.31. The summed E-state index contributed by atoms with van der Waals surface area (Å²) in [6, 6.07) is 19.6. The van der Waals surface area contributed by atoms with E-state index in [0.29, 0.717) is 27.8 Å². The number of halogens is 1. The maximum Gasteiger partial charge on any atom is 0.349 e. The van der Waals surface area contributed by atoms with Crippen LogP contribution in [-0.2, 0) is 4.79 Å². The summed E-state index contributed by atoms with van der Waals surface area (Å²) in [5.74, 6) is 0.802. The van der Waals surface area contributed by atoms with Crippen LogP contribution in [0.1, 0.15) is 22.6 Å². The predicted octanol–water partition coefficient (Wildman–Crippen LogP) is 4.86. The van der Waals surface area contributed by atoms with Crippen LogP contribution >= 0.6 is 11.6 Å². The smallest absolute Gasteiger partial charge is 0.349 e. The van der Waals surface area contributed by atoms with E-state index in [1.165, 1.54) is 0 Å². The molecule has 1 aliphatic rings. The normalized spacial score (nSPS) is 14.5. The standard InChI is InChI=1S/C26H21ClN2O5/c1-15-10-17(27)6-9-22(15)32-14-24(30)33-19-7-8-20-23(12-19)34-26(29)21(13-28)25(20)16-4-3-5-18(11-16)31-2/h3-12,25H,14,29H2,1-2H3. The van der Waals surface area contributed by atoms with Crippen LogP contribution in [0.5, 0.6) is 23.0 Å². The van der Waals surface area contributed by atoms with Crippen LogP contribution in [-0.4, -0.2) is 19.7 Å². The van der Waals surface area contributed by atoms with E-state index in [1.807, 2.05) is 31.2 Å². The first-order chi connectivity index (χ1) is 16.4. The Hall–Kier alpha value is -4.15. The van der Waals surface area contributed by atoms with Gasteiger partial charge in [0, 0.05) is 16.7 Å². The summed E-state index contributed by atoms with van der Waals surface area (Å²) in [5, 5.41) is 10.3. The molecule has 0 saturated heterocycles. The Kier molecular flexibility index (Phi) is 6.62. The Bertz CT molecular complexity index is 1330. The average Bonchev–Trinajstić information content (AvgIpc) is 2.82. The average molecular weight is 477 g/mol. The van der Waals surface area contributed by atoms with E-state index in [4.69, 9.17) is 36.3 Å². The number of nitriles is 1. The first kappa shape index (κ1) is 23.0. The summed E-state index contributed by atoms with van der Waals surface area (Å²) in [6.07, 6.45) is 0. The second-order valence-electron chi connectivity index (χ2n) is 7.57. The van der Waals surface area contributed by atoms with Crippen LogP contribution in [0.3, 0.4) is 0 Å². The van der Waals surface area contributed by atoms with Crippen LogP contribution < -0.4 is 24.7 Å². The van der Waals surface area contributed by atoms with Gasteiger partial charge in [-0.25, -0.2) is 4.79 Å². The number of benzene rings is 3. The molecule has 34 heavy (non-hydrogen) atoms. The molecule has 0 aromatic heterocycles. The Morgan fingerprint density at radius 3 is 2.71 bits per heavy atom. The zero-order chi connectivity index (χ0) is 24.2. The van der Waals surface area contributed by atoms with Gasteiger partial charge in [-0.05, 0) is 54.4 Å². The lowest BCUT2D eigenvalue weighted by atomic mass is 9.83. The largest absolute Gasteiger partial charge is 0.497 e. The lowest BCUT2D eigenvalue weighted by Crippen LogP contribution is -2.21. The van der Waals surface area contributed by atoms with Crippen molar-refractivity contribution in [1.29, 1.82) is 5.26 Å². The molecule has 1 heterocycles. The van der Waals surface area contributed by atoms with Crippen molar-refractivity contribution < 1.29 is 23.7 Å². The molecule has 2 N–H and O–H groups in total. The highest BCUT2D eigenvalue weighted by molar-refractivity contribution is 6.30. The number of nitrogens with zero attached hydrogens (tertiary/aromatic N) is 1. The third-order valence-corrected chi connectivity index (χ3v) is 5.57. The molecule has 0 spiro atoms. The summed E-state index contributed by atoms with van der Waals surface area (Å²) in [4.78, 5) is 12.3. The van der Waals surface area contributed by atoms with Crippen molar-refractivity contribution in [2.75, 3.05) is 13.7 Å². The molecule has 0 bridgehead atoms. The fraction of sp³-hybridized carbons (Fsp3) is 0.154. The number of nitrogens with two attached hydrogens (primary N) is 1. The minimum Gasteiger partial charge on any atom is -0.497 e. The van der Waals surface area contributed by atoms with Gasteiger partial charge >= 0.3 is 5.97 Å². The zero-order valence-electron chi connectivity index (χ0n) is 18.5. The maximum atomic E-state index is 12.3. The molecule has 1 aliphatic heterocycles. The van der Waals surface area contributed by atoms with E-state index in [2.05, 4.69) is 6.07 Å². The van der Waals surface area contributed by atoms with Crippen LogP contribution in [0.15, 0.2) is 72.1 Å². The number of hydrogen-bond donors (Lipinski definition) is 1. The number of hydrogen-bond acceptors (Lipinski definition) is 7. The van der Waals surface area contributed by atoms with Gasteiger partial charge in [0.15, 0.2) is 6.61 Å². The van der Waals surface area contributed by atoms with Gasteiger partial charge in [-0.2, -0.15) is 5.26 Å². The molecule has 3 aromatic rings. The van der Waals surface area contributed by atoms with E-state index >= 15 is 0 Å². The molecule has 1 atom stereocenters. The third-order valence-electron chi connectivity index (χ3n) is 5.33. The summed E-state index contributed by atoms with van der Waals surface area (Å²) in [6.45, 7) is 1.55. The fourth-order valence-electron chi connectivity index (χ4n) is 3.74. The topological polar surface area (TPSA) is 104 Å². The van der Waals surface area contributed by atoms with E-state index in [1.54, 1.807) is 43.5 Å². The van der Waals surface area contributed by atoms with Crippen LogP contribution in [0.25, 0.3) is 0 Å². The van der Waals surface area contributed by atoms with E-state index < -0.39 is 11.9 Å². The van der Waals surface area contributed by atoms with Crippen molar-refractivity contribution >= 4 is 17.6 Å². The van der Waals surface area contributed by atoms with Crippen molar-refractivity contribution in [2.24, 2.45) is 5.73 Å². The summed E-state index contributed by atoms with van der Waals surface area (Å²) >= 11 is 5.94. The highest BCUT2D eigenvalue weighted by atomic mass is 35.5. The van der Waals surface area contributed by atoms with Crippen molar-refractivity contribution in [2.45, 2.75) is 12.8 Å². The van der Waals surface area contributed by atoms with Gasteiger partial charge in [0.25, 0.3) is 0 Å². The number of fused-ring (bicyclic) bond motifs is 1. The number of rotatable bonds is 6. The molecular weight excluding hydrogens is 456 g/mol. The van der Waals surface area contributed by atoms with Gasteiger partial charge in [0.05, 0.1) is 13.0 Å². The monoisotopic (exact) mass is 476 g/mol. The number of carbonyl (C=O) groups is 1. The van der Waals surface area contributed by atoms with Crippen LogP contribution in [0.2, 0.25) is 5.02 Å². The van der Waals surface area contributed by atoms with E-state index in [9.17, 15) is 10.1 Å². The van der Waals surface area contributed by atoms with Crippen molar-refractivity contribution in [3.8, 4) is 29.1 Å². The molecule has 0 saturated carbocycles. The van der Waals surface area contributed by atoms with Gasteiger partial charge in [-0.3, -0.25) is 0 Å². The number of methoxy groups -OCH3 is 1. The predicted molar refractivity (Wildman–Crippen MR) is 126 cm³/mol. The number of ether oxygens (including phenoxy) is 4. The van der Waals surface area contributed by atoms with Gasteiger partial charge in [0.2, 0.25) is 5.88 Å². The van der Waals surface area contributed by atoms with Gasteiger partial charge < -0.3 is 24.7 Å². The Morgan fingerprint density at radius 1 is 1.15 bits per heavy atom. The van der Waals surface area contributed by atoms with Crippen LogP contribution in [0.4, 0.5) is 0 Å². The van der Waals surface area contributed by atoms with Crippen LogP contribution in [0, 0.1) is 18.3 Å². The summed E-state index contributed by atoms with van der Waals surface area (Å²) in [7, 11) is 1.57. The second kappa shape index (κ2) is 9.77. The second-order valence-corrected chi connectivity index (χ2v) is 8.01. The highest BCUT2D eigenvalue weighted by Crippen LogP contribution is 2.44. The molecule has 0 fully saturated rings. The summed E-state index contributed by atoms with van der Waals surface area (Å²) < 4.78 is 22.0. The van der Waals surface area contributed by atoms with Gasteiger partial charge in [-0.15, -0.1) is 0 Å². The van der Waals surface area contributed by atoms with Crippen molar-refractivity contribution in [3.63, 3.8) is 0 Å². The van der Waals surface area contributed by atoms with Gasteiger partial charge in [-0.1, -0.05) is 29.8 Å². The van der Waals surface area contributed by atoms with Crippen molar-refractivity contribution in [3.05, 3.63) is 93.8 Å². The van der Waals surface area contributed by atoms with Crippen molar-refractivity contribution in [1.82, 2.24) is 0 Å². The molecular formula is C26H21ClN2O5. The molecule has 7 nitrogen and oxygen atoms in total. The van der Waals surface area contributed by atoms with Gasteiger partial charge in [0.1, 0.15) is 34.6 Å². The SMILES string of the molecule is COc1cccc(C2C(C#N)=C(N)Oc3cc(OC(=O)COc4ccc(Cl)cc4C)ccc32)c1. The first-order valence-corrected chi connectivity index (χ1v) is 10.7. The minimum absolute atomic E-state index is 0.00663. The molecule has 172 valence electrons. The maximum absolute atomic E-state index is 12.3. The number of allylic oxidation sites excluding steroid dienone is 1. The Balaban J connectivity index is 1.55. The molecule has 8 heteroatoms. The fourth-order valence-corrected chi connectivity index (χ4v) is 3.96. The zero-order valence-corrected chi connectivity index (χ0v) is 19.3. The molecule has 4 rings (SSSR count). The third kappa shape index (κ3) is 4.77. The number of esters is 1. The molecule has 3 aromatic carbocycles. The Morgan fingerprint density at radius 2 is 1.97 bits per heavy atom. The molecule has 0 radical (unpaired) electrons. The quantitative estimate of drug-likeness (QED) is 0.400. The number of carbonyl (C=O) groups excluding carboxylic acids is 1. The van der Waals surface area contributed by atoms with E-state index in [0.717, 1.165) is 11.1 Å².